The Labute approximate surface area is 139 Å². The molecule has 3 heteroatoms. The largest absolute Gasteiger partial charge is 0.392 e. The lowest BCUT2D eigenvalue weighted by Crippen LogP contribution is -2.66. The van der Waals surface area contributed by atoms with Gasteiger partial charge < -0.3 is 10.2 Å². The summed E-state index contributed by atoms with van der Waals surface area (Å²) in [7, 11) is 0. The van der Waals surface area contributed by atoms with Gasteiger partial charge in [-0.1, -0.05) is 33.8 Å². The van der Waals surface area contributed by atoms with Crippen LogP contribution in [0.3, 0.4) is 0 Å². The summed E-state index contributed by atoms with van der Waals surface area (Å²) in [4.78, 5) is 13.1. The van der Waals surface area contributed by atoms with E-state index in [4.69, 9.17) is 0 Å². The summed E-state index contributed by atoms with van der Waals surface area (Å²) in [5.41, 5.74) is -0.182. The van der Waals surface area contributed by atoms with Crippen LogP contribution < -0.4 is 0 Å². The molecule has 4 fully saturated rings. The van der Waals surface area contributed by atoms with Gasteiger partial charge in [0, 0.05) is 5.92 Å². The van der Waals surface area contributed by atoms with E-state index in [9.17, 15) is 15.0 Å². The minimum absolute atomic E-state index is 0.0342. The molecule has 0 heterocycles. The van der Waals surface area contributed by atoms with E-state index in [0.29, 0.717) is 17.9 Å². The summed E-state index contributed by atoms with van der Waals surface area (Å²) in [6.07, 6.45) is 4.43. The molecule has 0 radical (unpaired) electrons. The Bertz CT molecular complexity index is 579. The van der Waals surface area contributed by atoms with Crippen molar-refractivity contribution in [2.75, 3.05) is 0 Å². The average molecular weight is 318 g/mol. The van der Waals surface area contributed by atoms with Gasteiger partial charge >= 0.3 is 0 Å². The minimum atomic E-state index is -0.974. The molecule has 4 aliphatic rings. The first-order valence-corrected chi connectivity index (χ1v) is 9.27. The Morgan fingerprint density at radius 1 is 1.09 bits per heavy atom. The van der Waals surface area contributed by atoms with Gasteiger partial charge in [0.15, 0.2) is 5.78 Å². The third-order valence-corrected chi connectivity index (χ3v) is 8.43. The molecule has 0 aliphatic heterocycles. The lowest BCUT2D eigenvalue weighted by Gasteiger charge is -2.65. The van der Waals surface area contributed by atoms with Crippen LogP contribution >= 0.6 is 0 Å². The fourth-order valence-electron chi connectivity index (χ4n) is 7.43. The average Bonchev–Trinajstić information content (AvgIpc) is 2.58. The number of carbonyl (C=O) groups excluding carboxylic acids is 1. The number of rotatable bonds is 0. The summed E-state index contributed by atoms with van der Waals surface area (Å²) >= 11 is 0. The van der Waals surface area contributed by atoms with E-state index in [1.54, 1.807) is 0 Å². The van der Waals surface area contributed by atoms with Crippen molar-refractivity contribution < 1.29 is 15.0 Å². The molecule has 2 bridgehead atoms. The van der Waals surface area contributed by atoms with Crippen LogP contribution in [-0.4, -0.2) is 28.2 Å². The van der Waals surface area contributed by atoms with E-state index in [-0.39, 0.29) is 28.4 Å². The van der Waals surface area contributed by atoms with Gasteiger partial charge in [0.2, 0.25) is 0 Å². The van der Waals surface area contributed by atoms with Crippen LogP contribution in [0.1, 0.15) is 59.3 Å². The van der Waals surface area contributed by atoms with Crippen molar-refractivity contribution in [2.24, 2.45) is 34.0 Å². The lowest BCUT2D eigenvalue weighted by atomic mass is 9.40. The van der Waals surface area contributed by atoms with Gasteiger partial charge in [-0.15, -0.1) is 0 Å². The van der Waals surface area contributed by atoms with E-state index < -0.39 is 17.6 Å². The summed E-state index contributed by atoms with van der Waals surface area (Å²) in [5.74, 6) is 0.333. The number of carbonyl (C=O) groups is 1. The molecule has 1 spiro atoms. The number of aliphatic hydroxyl groups is 2. The quantitative estimate of drug-likeness (QED) is 0.675. The molecular formula is C20H30O3. The molecule has 4 rings (SSSR count). The molecule has 128 valence electrons. The fraction of sp³-hybridized carbons (Fsp3) is 0.850. The molecular weight excluding hydrogens is 288 g/mol. The summed E-state index contributed by atoms with van der Waals surface area (Å²) in [6.45, 7) is 10.9. The molecule has 23 heavy (non-hydrogen) atoms. The smallest absolute Gasteiger partial charge is 0.170 e. The van der Waals surface area contributed by atoms with Gasteiger partial charge in [-0.05, 0) is 60.3 Å². The zero-order valence-corrected chi connectivity index (χ0v) is 14.6. The van der Waals surface area contributed by atoms with E-state index in [0.717, 1.165) is 19.3 Å². The topological polar surface area (TPSA) is 57.5 Å². The zero-order chi connectivity index (χ0) is 16.8. The summed E-state index contributed by atoms with van der Waals surface area (Å²) in [6, 6.07) is 0. The molecule has 0 amide bonds. The van der Waals surface area contributed by atoms with Crippen LogP contribution in [0.5, 0.6) is 0 Å². The number of aliphatic hydroxyl groups excluding tert-OH is 2. The molecule has 7 atom stereocenters. The van der Waals surface area contributed by atoms with Crippen molar-refractivity contribution in [1.29, 1.82) is 0 Å². The molecule has 3 nitrogen and oxygen atoms in total. The molecule has 0 aromatic heterocycles. The maximum Gasteiger partial charge on any atom is 0.170 e. The third-order valence-electron chi connectivity index (χ3n) is 8.43. The van der Waals surface area contributed by atoms with Gasteiger partial charge in [-0.3, -0.25) is 4.79 Å². The molecule has 2 N–H and O–H groups in total. The van der Waals surface area contributed by atoms with Crippen molar-refractivity contribution >= 4 is 5.78 Å². The SMILES string of the molecule is C=C1C(=O)[C@@]23[C@H](O)C[C@@H]4C(C)(C)CCC[C@@]4(C)[C@@H]2CC[C@@H]1[C@H]3O. The van der Waals surface area contributed by atoms with E-state index in [2.05, 4.69) is 27.4 Å². The highest BCUT2D eigenvalue weighted by Gasteiger charge is 2.73. The number of hydrogen-bond acceptors (Lipinski definition) is 3. The normalized spacial score (nSPS) is 54.6. The van der Waals surface area contributed by atoms with E-state index >= 15 is 0 Å². The fourth-order valence-corrected chi connectivity index (χ4v) is 7.43. The Morgan fingerprint density at radius 3 is 2.48 bits per heavy atom. The predicted octanol–water partition coefficient (Wildman–Crippen LogP) is 3.10. The maximum atomic E-state index is 13.1. The van der Waals surface area contributed by atoms with Gasteiger partial charge in [-0.2, -0.15) is 0 Å². The molecule has 0 saturated heterocycles. The van der Waals surface area contributed by atoms with Crippen molar-refractivity contribution in [3.05, 3.63) is 12.2 Å². The van der Waals surface area contributed by atoms with Crippen molar-refractivity contribution in [3.8, 4) is 0 Å². The Balaban J connectivity index is 1.88. The van der Waals surface area contributed by atoms with Crippen molar-refractivity contribution in [2.45, 2.75) is 71.5 Å². The van der Waals surface area contributed by atoms with E-state index in [1.807, 2.05) is 0 Å². The highest BCUT2D eigenvalue weighted by atomic mass is 16.3. The van der Waals surface area contributed by atoms with Crippen LogP contribution in [0.2, 0.25) is 0 Å². The van der Waals surface area contributed by atoms with Crippen molar-refractivity contribution in [3.63, 3.8) is 0 Å². The second kappa shape index (κ2) is 4.49. The number of ketones is 1. The maximum absolute atomic E-state index is 13.1. The standard InChI is InChI=1S/C20H30O3/c1-11-12-6-7-13-19(4)9-5-8-18(2,3)14(19)10-15(21)20(13,16(11)22)17(12)23/h12-15,17,21,23H,1,5-10H2,2-4H3/t12-,13-,14+,15+,17+,19-,20-/m0/s1. The van der Waals surface area contributed by atoms with Crippen LogP contribution in [-0.2, 0) is 4.79 Å². The molecule has 0 aromatic rings. The highest BCUT2D eigenvalue weighted by Crippen LogP contribution is 2.70. The Kier molecular flexibility index (Phi) is 3.09. The monoisotopic (exact) mass is 318 g/mol. The van der Waals surface area contributed by atoms with Crippen LogP contribution in [0.25, 0.3) is 0 Å². The highest BCUT2D eigenvalue weighted by molar-refractivity contribution is 6.04. The van der Waals surface area contributed by atoms with Crippen LogP contribution in [0, 0.1) is 34.0 Å². The molecule has 0 unspecified atom stereocenters. The Hall–Kier alpha value is -0.670. The van der Waals surface area contributed by atoms with E-state index in [1.165, 1.54) is 12.8 Å². The number of fused-ring (bicyclic) bond motifs is 3. The Morgan fingerprint density at radius 2 is 1.78 bits per heavy atom. The molecule has 0 aromatic carbocycles. The third kappa shape index (κ3) is 1.61. The zero-order valence-electron chi connectivity index (χ0n) is 14.6. The lowest BCUT2D eigenvalue weighted by molar-refractivity contribution is -0.225. The molecule has 4 saturated carbocycles. The van der Waals surface area contributed by atoms with Crippen molar-refractivity contribution in [1.82, 2.24) is 0 Å². The summed E-state index contributed by atoms with van der Waals surface area (Å²) < 4.78 is 0. The molecule has 4 aliphatic carbocycles. The second-order valence-corrected chi connectivity index (χ2v) is 9.62. The van der Waals surface area contributed by atoms with Crippen LogP contribution in [0.15, 0.2) is 12.2 Å². The summed E-state index contributed by atoms with van der Waals surface area (Å²) in [5, 5.41) is 22.1. The van der Waals surface area contributed by atoms with Gasteiger partial charge in [-0.25, -0.2) is 0 Å². The first-order chi connectivity index (χ1) is 10.7. The number of Topliss-reactive ketones (excluding diaryl/α,β-unsaturated/α-hetero) is 1. The van der Waals surface area contributed by atoms with Gasteiger partial charge in [0.05, 0.1) is 17.6 Å². The predicted molar refractivity (Wildman–Crippen MR) is 88.7 cm³/mol. The first-order valence-electron chi connectivity index (χ1n) is 9.27. The number of hydrogen-bond donors (Lipinski definition) is 2. The van der Waals surface area contributed by atoms with Gasteiger partial charge in [0.25, 0.3) is 0 Å². The second-order valence-electron chi connectivity index (χ2n) is 9.62. The van der Waals surface area contributed by atoms with Gasteiger partial charge in [0.1, 0.15) is 0 Å². The van der Waals surface area contributed by atoms with Crippen LogP contribution in [0.4, 0.5) is 0 Å². The minimum Gasteiger partial charge on any atom is -0.392 e. The first kappa shape index (κ1) is 15.8.